The molecule has 0 saturated carbocycles. The molecule has 1 aromatic carbocycles. The summed E-state index contributed by atoms with van der Waals surface area (Å²) in [6.45, 7) is 8.19. The first-order valence-electron chi connectivity index (χ1n) is 5.61. The number of para-hydroxylation sites is 1. The van der Waals surface area contributed by atoms with Crippen LogP contribution in [0, 0.1) is 13.8 Å². The van der Waals surface area contributed by atoms with E-state index in [1.165, 1.54) is 5.56 Å². The quantitative estimate of drug-likeness (QED) is 0.763. The number of fused-ring (bicyclic) bond motifs is 1. The lowest BCUT2D eigenvalue weighted by Crippen LogP contribution is -2.07. The van der Waals surface area contributed by atoms with Crippen molar-refractivity contribution in [2.75, 3.05) is 0 Å². The van der Waals surface area contributed by atoms with Crippen molar-refractivity contribution in [1.82, 2.24) is 4.98 Å². The van der Waals surface area contributed by atoms with E-state index in [1.54, 1.807) is 0 Å². The first-order valence-corrected chi connectivity index (χ1v) is 5.61. The number of ether oxygens (including phenoxy) is 1. The van der Waals surface area contributed by atoms with Crippen molar-refractivity contribution in [2.45, 2.75) is 33.8 Å². The summed E-state index contributed by atoms with van der Waals surface area (Å²) >= 11 is 0. The maximum Gasteiger partial charge on any atom is 0.133 e. The highest BCUT2D eigenvalue weighted by Gasteiger charge is 2.09. The zero-order valence-electron chi connectivity index (χ0n) is 10.2. The third-order valence-electron chi connectivity index (χ3n) is 2.58. The fraction of sp³-hybridized carbons (Fsp3) is 0.357. The molecule has 2 aromatic rings. The van der Waals surface area contributed by atoms with Gasteiger partial charge in [-0.3, -0.25) is 4.98 Å². The molecule has 2 heteroatoms. The second kappa shape index (κ2) is 4.12. The van der Waals surface area contributed by atoms with Gasteiger partial charge in [-0.2, -0.15) is 0 Å². The van der Waals surface area contributed by atoms with Gasteiger partial charge in [-0.25, -0.2) is 0 Å². The molecule has 0 amide bonds. The lowest BCUT2D eigenvalue weighted by Gasteiger charge is -2.15. The Balaban J connectivity index is 2.69. The molecule has 0 fully saturated rings. The van der Waals surface area contributed by atoms with Gasteiger partial charge in [0.2, 0.25) is 0 Å². The minimum atomic E-state index is 0.185. The van der Waals surface area contributed by atoms with Gasteiger partial charge in [0.05, 0.1) is 11.6 Å². The van der Waals surface area contributed by atoms with Crippen molar-refractivity contribution < 1.29 is 4.74 Å². The minimum Gasteiger partial charge on any atom is -0.490 e. The predicted octanol–water partition coefficient (Wildman–Crippen LogP) is 3.64. The van der Waals surface area contributed by atoms with E-state index in [0.29, 0.717) is 0 Å². The average Bonchev–Trinajstić information content (AvgIpc) is 2.22. The van der Waals surface area contributed by atoms with E-state index in [2.05, 4.69) is 24.0 Å². The molecule has 0 unspecified atom stereocenters. The number of aromatic nitrogens is 1. The van der Waals surface area contributed by atoms with Crippen LogP contribution in [0.2, 0.25) is 0 Å². The van der Waals surface area contributed by atoms with Crippen molar-refractivity contribution in [3.05, 3.63) is 35.5 Å². The molecule has 2 nitrogen and oxygen atoms in total. The van der Waals surface area contributed by atoms with Gasteiger partial charge in [0, 0.05) is 17.1 Å². The summed E-state index contributed by atoms with van der Waals surface area (Å²) in [4.78, 5) is 4.47. The number of pyridine rings is 1. The summed E-state index contributed by atoms with van der Waals surface area (Å²) in [7, 11) is 0. The monoisotopic (exact) mass is 215 g/mol. The average molecular weight is 215 g/mol. The van der Waals surface area contributed by atoms with Crippen LogP contribution in [0.15, 0.2) is 24.4 Å². The van der Waals surface area contributed by atoms with Crippen LogP contribution in [-0.2, 0) is 0 Å². The third kappa shape index (κ3) is 1.87. The van der Waals surface area contributed by atoms with Crippen molar-refractivity contribution in [3.63, 3.8) is 0 Å². The largest absolute Gasteiger partial charge is 0.490 e. The molecule has 2 rings (SSSR count). The molecule has 0 spiro atoms. The Kier molecular flexibility index (Phi) is 2.82. The molecular weight excluding hydrogens is 198 g/mol. The van der Waals surface area contributed by atoms with Crippen LogP contribution in [0.5, 0.6) is 5.75 Å². The van der Waals surface area contributed by atoms with Crippen LogP contribution in [0.3, 0.4) is 0 Å². The van der Waals surface area contributed by atoms with Crippen LogP contribution < -0.4 is 4.74 Å². The summed E-state index contributed by atoms with van der Waals surface area (Å²) in [6, 6.07) is 6.19. The lowest BCUT2D eigenvalue weighted by molar-refractivity contribution is 0.244. The van der Waals surface area contributed by atoms with Gasteiger partial charge in [-0.15, -0.1) is 0 Å². The van der Waals surface area contributed by atoms with Crippen LogP contribution in [-0.4, -0.2) is 11.1 Å². The fourth-order valence-corrected chi connectivity index (χ4v) is 1.84. The zero-order chi connectivity index (χ0) is 11.7. The Morgan fingerprint density at radius 3 is 2.56 bits per heavy atom. The molecule has 0 aliphatic rings. The summed E-state index contributed by atoms with van der Waals surface area (Å²) in [5, 5.41) is 1.11. The summed E-state index contributed by atoms with van der Waals surface area (Å²) < 4.78 is 5.87. The topological polar surface area (TPSA) is 22.1 Å². The molecule has 1 heterocycles. The second-order valence-electron chi connectivity index (χ2n) is 4.41. The lowest BCUT2D eigenvalue weighted by atomic mass is 10.1. The molecule has 0 N–H and O–H groups in total. The van der Waals surface area contributed by atoms with Gasteiger partial charge in [0.25, 0.3) is 0 Å². The van der Waals surface area contributed by atoms with E-state index in [9.17, 15) is 0 Å². The summed E-state index contributed by atoms with van der Waals surface area (Å²) in [5.74, 6) is 0.962. The number of nitrogens with zero attached hydrogens (tertiary/aromatic N) is 1. The van der Waals surface area contributed by atoms with E-state index >= 15 is 0 Å². The standard InChI is InChI=1S/C14H17NO/c1-9(2)16-14-11(4)8-15-13-10(3)6-5-7-12(13)14/h5-9H,1-4H3. The predicted molar refractivity (Wildman–Crippen MR) is 67.0 cm³/mol. The molecule has 84 valence electrons. The van der Waals surface area contributed by atoms with Gasteiger partial charge in [0.1, 0.15) is 5.75 Å². The third-order valence-corrected chi connectivity index (χ3v) is 2.58. The maximum absolute atomic E-state index is 5.87. The second-order valence-corrected chi connectivity index (χ2v) is 4.41. The summed E-state index contributed by atoms with van der Waals surface area (Å²) in [6.07, 6.45) is 2.07. The van der Waals surface area contributed by atoms with Crippen LogP contribution in [0.4, 0.5) is 0 Å². The summed E-state index contributed by atoms with van der Waals surface area (Å²) in [5.41, 5.74) is 3.31. The number of aryl methyl sites for hydroxylation is 2. The zero-order valence-corrected chi connectivity index (χ0v) is 10.2. The van der Waals surface area contributed by atoms with E-state index in [-0.39, 0.29) is 6.10 Å². The first-order chi connectivity index (χ1) is 7.59. The van der Waals surface area contributed by atoms with Gasteiger partial charge in [-0.1, -0.05) is 12.1 Å². The highest BCUT2D eigenvalue weighted by molar-refractivity contribution is 5.88. The molecular formula is C14H17NO. The van der Waals surface area contributed by atoms with Gasteiger partial charge in [-0.05, 0) is 39.3 Å². The van der Waals surface area contributed by atoms with E-state index in [0.717, 1.165) is 22.2 Å². The molecule has 0 radical (unpaired) electrons. The number of benzene rings is 1. The van der Waals surface area contributed by atoms with Crippen molar-refractivity contribution >= 4 is 10.9 Å². The van der Waals surface area contributed by atoms with Crippen LogP contribution >= 0.6 is 0 Å². The van der Waals surface area contributed by atoms with Crippen molar-refractivity contribution in [1.29, 1.82) is 0 Å². The van der Waals surface area contributed by atoms with Crippen LogP contribution in [0.1, 0.15) is 25.0 Å². The SMILES string of the molecule is Cc1cnc2c(C)cccc2c1OC(C)C. The number of hydrogen-bond donors (Lipinski definition) is 0. The Hall–Kier alpha value is -1.57. The Morgan fingerprint density at radius 1 is 1.12 bits per heavy atom. The van der Waals surface area contributed by atoms with Crippen molar-refractivity contribution in [3.8, 4) is 5.75 Å². The molecule has 0 bridgehead atoms. The number of rotatable bonds is 2. The van der Waals surface area contributed by atoms with Gasteiger partial charge >= 0.3 is 0 Å². The Morgan fingerprint density at radius 2 is 1.88 bits per heavy atom. The molecule has 0 aliphatic heterocycles. The highest BCUT2D eigenvalue weighted by Crippen LogP contribution is 2.30. The van der Waals surface area contributed by atoms with E-state index < -0.39 is 0 Å². The molecule has 1 aromatic heterocycles. The van der Waals surface area contributed by atoms with Crippen molar-refractivity contribution in [2.24, 2.45) is 0 Å². The normalized spacial score (nSPS) is 11.1. The highest BCUT2D eigenvalue weighted by atomic mass is 16.5. The molecule has 16 heavy (non-hydrogen) atoms. The van der Waals surface area contributed by atoms with Crippen LogP contribution in [0.25, 0.3) is 10.9 Å². The smallest absolute Gasteiger partial charge is 0.133 e. The molecule has 0 atom stereocenters. The maximum atomic E-state index is 5.87. The first kappa shape index (κ1) is 10.9. The van der Waals surface area contributed by atoms with Gasteiger partial charge < -0.3 is 4.74 Å². The van der Waals surface area contributed by atoms with Gasteiger partial charge in [0.15, 0.2) is 0 Å². The fourth-order valence-electron chi connectivity index (χ4n) is 1.84. The van der Waals surface area contributed by atoms with E-state index in [1.807, 2.05) is 33.0 Å². The van der Waals surface area contributed by atoms with E-state index in [4.69, 9.17) is 4.74 Å². The Bertz CT molecular complexity index is 517. The Labute approximate surface area is 96.3 Å². The molecule has 0 aliphatic carbocycles. The number of hydrogen-bond acceptors (Lipinski definition) is 2. The minimum absolute atomic E-state index is 0.185. The molecule has 0 saturated heterocycles.